The van der Waals surface area contributed by atoms with Crippen LogP contribution in [0.5, 0.6) is 0 Å². The fourth-order valence-corrected chi connectivity index (χ4v) is 3.85. The van der Waals surface area contributed by atoms with Gasteiger partial charge in [-0.15, -0.1) is 0 Å². The predicted octanol–water partition coefficient (Wildman–Crippen LogP) is 0.257. The SMILES string of the molecule is CCCN(C)S(=O)(=O)N1CCCC1CNC. The molecule has 96 valence electrons. The third-order valence-corrected chi connectivity index (χ3v) is 5.04. The fraction of sp³-hybridized carbons (Fsp3) is 1.00. The van der Waals surface area contributed by atoms with Crippen LogP contribution in [-0.4, -0.2) is 56.8 Å². The summed E-state index contributed by atoms with van der Waals surface area (Å²) in [5, 5.41) is 3.06. The molecule has 0 aromatic carbocycles. The van der Waals surface area contributed by atoms with Crippen LogP contribution in [0.1, 0.15) is 26.2 Å². The Bertz CT molecular complexity index is 305. The Hall–Kier alpha value is -0.170. The van der Waals surface area contributed by atoms with Crippen molar-refractivity contribution in [2.75, 3.05) is 33.7 Å². The van der Waals surface area contributed by atoms with Crippen LogP contribution in [0.25, 0.3) is 0 Å². The lowest BCUT2D eigenvalue weighted by Crippen LogP contribution is -2.47. The highest BCUT2D eigenvalue weighted by Gasteiger charge is 2.35. The zero-order chi connectivity index (χ0) is 12.2. The molecule has 1 aliphatic heterocycles. The smallest absolute Gasteiger partial charge is 0.282 e. The molecular formula is C10H23N3O2S. The average molecular weight is 249 g/mol. The summed E-state index contributed by atoms with van der Waals surface area (Å²) in [6.07, 6.45) is 2.77. The van der Waals surface area contributed by atoms with Crippen LogP contribution >= 0.6 is 0 Å². The second kappa shape index (κ2) is 5.95. The Kier molecular flexibility index (Phi) is 5.17. The van der Waals surface area contributed by atoms with Gasteiger partial charge in [0, 0.05) is 32.7 Å². The molecule has 0 aliphatic carbocycles. The molecule has 0 saturated carbocycles. The minimum absolute atomic E-state index is 0.120. The van der Waals surface area contributed by atoms with Crippen LogP contribution in [0, 0.1) is 0 Å². The van der Waals surface area contributed by atoms with Gasteiger partial charge in [-0.25, -0.2) is 0 Å². The van der Waals surface area contributed by atoms with Crippen LogP contribution in [0.15, 0.2) is 0 Å². The average Bonchev–Trinajstić information content (AvgIpc) is 2.67. The van der Waals surface area contributed by atoms with Crippen molar-refractivity contribution in [3.8, 4) is 0 Å². The molecule has 16 heavy (non-hydrogen) atoms. The number of rotatable bonds is 6. The summed E-state index contributed by atoms with van der Waals surface area (Å²) >= 11 is 0. The summed E-state index contributed by atoms with van der Waals surface area (Å²) in [7, 11) is 0.275. The first-order valence-corrected chi connectivity index (χ1v) is 7.31. The van der Waals surface area contributed by atoms with Crippen LogP contribution in [0.2, 0.25) is 0 Å². The maximum Gasteiger partial charge on any atom is 0.282 e. The molecule has 6 heteroatoms. The van der Waals surface area contributed by atoms with Gasteiger partial charge in [-0.05, 0) is 26.3 Å². The summed E-state index contributed by atoms with van der Waals surface area (Å²) < 4.78 is 27.6. The molecule has 0 radical (unpaired) electrons. The van der Waals surface area contributed by atoms with Crippen molar-refractivity contribution in [2.24, 2.45) is 0 Å². The van der Waals surface area contributed by atoms with Gasteiger partial charge in [0.15, 0.2) is 0 Å². The lowest BCUT2D eigenvalue weighted by molar-refractivity contribution is 0.338. The zero-order valence-corrected chi connectivity index (χ0v) is 11.3. The Morgan fingerprint density at radius 1 is 1.50 bits per heavy atom. The lowest BCUT2D eigenvalue weighted by Gasteiger charge is -2.28. The van der Waals surface area contributed by atoms with E-state index in [4.69, 9.17) is 0 Å². The minimum atomic E-state index is -3.25. The molecule has 1 atom stereocenters. The Morgan fingerprint density at radius 3 is 2.75 bits per heavy atom. The highest BCUT2D eigenvalue weighted by molar-refractivity contribution is 7.86. The molecule has 1 aliphatic rings. The van der Waals surface area contributed by atoms with Gasteiger partial charge in [0.05, 0.1) is 0 Å². The molecule has 1 unspecified atom stereocenters. The Balaban J connectivity index is 2.74. The monoisotopic (exact) mass is 249 g/mol. The van der Waals surface area contributed by atoms with Crippen molar-refractivity contribution < 1.29 is 8.42 Å². The second-order valence-electron chi connectivity index (χ2n) is 4.29. The molecule has 1 saturated heterocycles. The van der Waals surface area contributed by atoms with Gasteiger partial charge in [-0.1, -0.05) is 6.92 Å². The van der Waals surface area contributed by atoms with Crippen LogP contribution in [0.3, 0.4) is 0 Å². The molecule has 0 aromatic heterocycles. The van der Waals surface area contributed by atoms with Gasteiger partial charge in [0.2, 0.25) is 0 Å². The molecule has 0 spiro atoms. The van der Waals surface area contributed by atoms with Gasteiger partial charge in [-0.2, -0.15) is 17.0 Å². The third-order valence-electron chi connectivity index (χ3n) is 2.99. The van der Waals surface area contributed by atoms with E-state index >= 15 is 0 Å². The van der Waals surface area contributed by atoms with E-state index in [2.05, 4.69) is 5.32 Å². The van der Waals surface area contributed by atoms with E-state index < -0.39 is 10.2 Å². The summed E-state index contributed by atoms with van der Waals surface area (Å²) in [4.78, 5) is 0. The first kappa shape index (κ1) is 13.9. The molecular weight excluding hydrogens is 226 g/mol. The molecule has 5 nitrogen and oxygen atoms in total. The quantitative estimate of drug-likeness (QED) is 0.734. The number of likely N-dealkylation sites (N-methyl/N-ethyl adjacent to an activating group) is 1. The second-order valence-corrected chi connectivity index (χ2v) is 6.28. The highest BCUT2D eigenvalue weighted by Crippen LogP contribution is 2.22. The largest absolute Gasteiger partial charge is 0.318 e. The van der Waals surface area contributed by atoms with E-state index in [1.165, 1.54) is 4.31 Å². The van der Waals surface area contributed by atoms with Crippen molar-refractivity contribution >= 4 is 10.2 Å². The normalized spacial score (nSPS) is 23.1. The Morgan fingerprint density at radius 2 is 2.19 bits per heavy atom. The molecule has 0 bridgehead atoms. The molecule has 1 N–H and O–H groups in total. The van der Waals surface area contributed by atoms with Crippen LogP contribution in [0.4, 0.5) is 0 Å². The summed E-state index contributed by atoms with van der Waals surface area (Å²) in [6.45, 7) is 3.97. The van der Waals surface area contributed by atoms with E-state index in [9.17, 15) is 8.42 Å². The summed E-state index contributed by atoms with van der Waals surface area (Å²) in [6, 6.07) is 0.120. The topological polar surface area (TPSA) is 52.7 Å². The van der Waals surface area contributed by atoms with E-state index in [1.807, 2.05) is 14.0 Å². The number of nitrogens with one attached hydrogen (secondary N) is 1. The predicted molar refractivity (Wildman–Crippen MR) is 65.5 cm³/mol. The lowest BCUT2D eigenvalue weighted by atomic mass is 10.2. The van der Waals surface area contributed by atoms with Crippen molar-refractivity contribution in [1.29, 1.82) is 0 Å². The number of nitrogens with zero attached hydrogens (tertiary/aromatic N) is 2. The van der Waals surface area contributed by atoms with Crippen LogP contribution in [-0.2, 0) is 10.2 Å². The molecule has 0 amide bonds. The maximum atomic E-state index is 12.2. The van der Waals surface area contributed by atoms with E-state index in [0.29, 0.717) is 13.1 Å². The molecule has 1 heterocycles. The van der Waals surface area contributed by atoms with Crippen molar-refractivity contribution in [2.45, 2.75) is 32.2 Å². The number of hydrogen-bond acceptors (Lipinski definition) is 3. The summed E-state index contributed by atoms with van der Waals surface area (Å²) in [5.41, 5.74) is 0. The van der Waals surface area contributed by atoms with Gasteiger partial charge in [-0.3, -0.25) is 0 Å². The Labute approximate surface area is 99.0 Å². The van der Waals surface area contributed by atoms with Gasteiger partial charge in [0.25, 0.3) is 10.2 Å². The van der Waals surface area contributed by atoms with Gasteiger partial charge >= 0.3 is 0 Å². The van der Waals surface area contributed by atoms with Gasteiger partial charge in [0.1, 0.15) is 0 Å². The molecule has 1 rings (SSSR count). The first-order chi connectivity index (χ1) is 7.54. The fourth-order valence-electron chi connectivity index (χ4n) is 2.16. The van der Waals surface area contributed by atoms with Crippen molar-refractivity contribution in [3.05, 3.63) is 0 Å². The first-order valence-electron chi connectivity index (χ1n) is 5.91. The van der Waals surface area contributed by atoms with Crippen LogP contribution < -0.4 is 5.32 Å². The van der Waals surface area contributed by atoms with Crippen molar-refractivity contribution in [3.63, 3.8) is 0 Å². The van der Waals surface area contributed by atoms with Gasteiger partial charge < -0.3 is 5.32 Å². The third kappa shape index (κ3) is 2.94. The van der Waals surface area contributed by atoms with E-state index in [-0.39, 0.29) is 6.04 Å². The summed E-state index contributed by atoms with van der Waals surface area (Å²) in [5.74, 6) is 0. The minimum Gasteiger partial charge on any atom is -0.318 e. The molecule has 1 fully saturated rings. The van der Waals surface area contributed by atoms with E-state index in [1.54, 1.807) is 11.4 Å². The zero-order valence-electron chi connectivity index (χ0n) is 10.4. The molecule has 0 aromatic rings. The number of hydrogen-bond donors (Lipinski definition) is 1. The highest BCUT2D eigenvalue weighted by atomic mass is 32.2. The van der Waals surface area contributed by atoms with E-state index in [0.717, 1.165) is 25.8 Å². The maximum absolute atomic E-state index is 12.2. The standard InChI is InChI=1S/C10H23N3O2S/c1-4-7-12(3)16(14,15)13-8-5-6-10(13)9-11-2/h10-11H,4-9H2,1-3H3. The van der Waals surface area contributed by atoms with Crippen molar-refractivity contribution in [1.82, 2.24) is 13.9 Å².